The molecule has 3 rings (SSSR count). The molecule has 1 aromatic carbocycles. The van der Waals surface area contributed by atoms with Gasteiger partial charge in [0.15, 0.2) is 0 Å². The van der Waals surface area contributed by atoms with Crippen molar-refractivity contribution >= 4 is 0 Å². The van der Waals surface area contributed by atoms with Crippen LogP contribution < -0.4 is 4.74 Å². The van der Waals surface area contributed by atoms with E-state index in [2.05, 4.69) is 25.1 Å². The number of rotatable bonds is 4. The summed E-state index contributed by atoms with van der Waals surface area (Å²) in [6.45, 7) is 2.35. The Kier molecular flexibility index (Phi) is 4.47. The summed E-state index contributed by atoms with van der Waals surface area (Å²) in [5, 5.41) is 19.8. The molecule has 2 aliphatic carbocycles. The molecule has 0 spiro atoms. The number of hydrogen-bond donors (Lipinski definition) is 2. The van der Waals surface area contributed by atoms with Crippen molar-refractivity contribution in [2.24, 2.45) is 17.3 Å². The topological polar surface area (TPSA) is 49.7 Å². The van der Waals surface area contributed by atoms with E-state index in [9.17, 15) is 10.2 Å². The van der Waals surface area contributed by atoms with E-state index < -0.39 is 0 Å². The maximum atomic E-state index is 10.4. The first-order valence-electron chi connectivity index (χ1n) is 8.53. The highest BCUT2D eigenvalue weighted by molar-refractivity contribution is 5.37. The Morgan fingerprint density at radius 3 is 2.77 bits per heavy atom. The molecule has 22 heavy (non-hydrogen) atoms. The van der Waals surface area contributed by atoms with Crippen molar-refractivity contribution in [1.29, 1.82) is 0 Å². The van der Waals surface area contributed by atoms with E-state index in [0.717, 1.165) is 31.4 Å². The van der Waals surface area contributed by atoms with E-state index in [4.69, 9.17) is 4.74 Å². The molecule has 4 atom stereocenters. The van der Waals surface area contributed by atoms with Gasteiger partial charge < -0.3 is 14.9 Å². The van der Waals surface area contributed by atoms with Crippen LogP contribution >= 0.6 is 0 Å². The van der Waals surface area contributed by atoms with Gasteiger partial charge in [-0.1, -0.05) is 13.0 Å². The number of aryl methyl sites for hydroxylation is 1. The molecule has 0 radical (unpaired) electrons. The first-order chi connectivity index (χ1) is 10.6. The number of aliphatic hydroxyl groups is 2. The van der Waals surface area contributed by atoms with Crippen LogP contribution in [0, 0.1) is 17.3 Å². The van der Waals surface area contributed by atoms with Gasteiger partial charge in [0.1, 0.15) is 5.75 Å². The Hall–Kier alpha value is -1.06. The third-order valence-electron chi connectivity index (χ3n) is 6.26. The minimum atomic E-state index is -0.262. The Balaban J connectivity index is 1.79. The average Bonchev–Trinajstić information content (AvgIpc) is 2.82. The summed E-state index contributed by atoms with van der Waals surface area (Å²) in [6, 6.07) is 6.43. The fourth-order valence-electron chi connectivity index (χ4n) is 4.84. The van der Waals surface area contributed by atoms with Crippen molar-refractivity contribution in [3.8, 4) is 5.75 Å². The maximum Gasteiger partial charge on any atom is 0.119 e. The molecular weight excluding hydrogens is 276 g/mol. The van der Waals surface area contributed by atoms with Crippen molar-refractivity contribution < 1.29 is 14.9 Å². The quantitative estimate of drug-likeness (QED) is 0.899. The zero-order valence-electron chi connectivity index (χ0n) is 13.7. The fourth-order valence-corrected chi connectivity index (χ4v) is 4.84. The molecule has 2 aliphatic rings. The van der Waals surface area contributed by atoms with Gasteiger partial charge in [0.25, 0.3) is 0 Å². The third-order valence-corrected chi connectivity index (χ3v) is 6.26. The molecule has 1 aromatic rings. The van der Waals surface area contributed by atoms with Gasteiger partial charge in [0.2, 0.25) is 0 Å². The fraction of sp³-hybridized carbons (Fsp3) is 0.684. The second-order valence-corrected chi connectivity index (χ2v) is 7.32. The third kappa shape index (κ3) is 2.65. The van der Waals surface area contributed by atoms with Gasteiger partial charge >= 0.3 is 0 Å². The SMILES string of the molecule is COc1ccc2c(c1)CCC([C@@H]1CC[C@H](O)[C@@]1(C)CCO)C2. The summed E-state index contributed by atoms with van der Waals surface area (Å²) in [7, 11) is 1.72. The van der Waals surface area contributed by atoms with Gasteiger partial charge in [0, 0.05) is 6.61 Å². The average molecular weight is 304 g/mol. The summed E-state index contributed by atoms with van der Waals surface area (Å²) in [6.07, 6.45) is 5.79. The van der Waals surface area contributed by atoms with Crippen LogP contribution in [0.3, 0.4) is 0 Å². The molecule has 0 bridgehead atoms. The number of benzene rings is 1. The van der Waals surface area contributed by atoms with Crippen molar-refractivity contribution in [3.63, 3.8) is 0 Å². The lowest BCUT2D eigenvalue weighted by Gasteiger charge is -2.40. The Labute approximate surface area is 133 Å². The summed E-state index contributed by atoms with van der Waals surface area (Å²) in [4.78, 5) is 0. The van der Waals surface area contributed by atoms with Crippen LogP contribution in [0.4, 0.5) is 0 Å². The van der Waals surface area contributed by atoms with Gasteiger partial charge in [-0.3, -0.25) is 0 Å². The molecule has 3 heteroatoms. The van der Waals surface area contributed by atoms with Crippen LogP contribution in [0.15, 0.2) is 18.2 Å². The molecule has 2 N–H and O–H groups in total. The molecular formula is C19H28O3. The van der Waals surface area contributed by atoms with Gasteiger partial charge in [-0.25, -0.2) is 0 Å². The molecule has 1 unspecified atom stereocenters. The lowest BCUT2D eigenvalue weighted by Crippen LogP contribution is -2.38. The zero-order chi connectivity index (χ0) is 15.7. The maximum absolute atomic E-state index is 10.4. The molecule has 0 amide bonds. The summed E-state index contributed by atoms with van der Waals surface area (Å²) in [5.74, 6) is 2.08. The van der Waals surface area contributed by atoms with Crippen LogP contribution in [0.5, 0.6) is 5.75 Å². The van der Waals surface area contributed by atoms with E-state index in [0.29, 0.717) is 18.3 Å². The minimum Gasteiger partial charge on any atom is -0.497 e. The molecule has 3 nitrogen and oxygen atoms in total. The van der Waals surface area contributed by atoms with Crippen molar-refractivity contribution in [2.75, 3.05) is 13.7 Å². The molecule has 1 fully saturated rings. The van der Waals surface area contributed by atoms with Crippen LogP contribution in [0.2, 0.25) is 0 Å². The smallest absolute Gasteiger partial charge is 0.119 e. The highest BCUT2D eigenvalue weighted by Crippen LogP contribution is 2.52. The molecule has 1 saturated carbocycles. The van der Waals surface area contributed by atoms with Crippen LogP contribution in [-0.2, 0) is 12.8 Å². The molecule has 122 valence electrons. The number of aliphatic hydroxyl groups excluding tert-OH is 2. The van der Waals surface area contributed by atoms with Crippen molar-refractivity contribution in [3.05, 3.63) is 29.3 Å². The highest BCUT2D eigenvalue weighted by Gasteiger charge is 2.48. The molecule has 0 heterocycles. The Morgan fingerprint density at radius 1 is 1.23 bits per heavy atom. The summed E-state index contributed by atoms with van der Waals surface area (Å²) in [5.41, 5.74) is 2.73. The summed E-state index contributed by atoms with van der Waals surface area (Å²) >= 11 is 0. The number of fused-ring (bicyclic) bond motifs is 1. The predicted molar refractivity (Wildman–Crippen MR) is 87.0 cm³/mol. The second kappa shape index (κ2) is 6.21. The zero-order valence-corrected chi connectivity index (χ0v) is 13.7. The first-order valence-corrected chi connectivity index (χ1v) is 8.53. The van der Waals surface area contributed by atoms with E-state index in [1.54, 1.807) is 7.11 Å². The van der Waals surface area contributed by atoms with E-state index in [-0.39, 0.29) is 18.1 Å². The van der Waals surface area contributed by atoms with Crippen molar-refractivity contribution in [1.82, 2.24) is 0 Å². The van der Waals surface area contributed by atoms with Gasteiger partial charge in [0.05, 0.1) is 13.2 Å². The highest BCUT2D eigenvalue weighted by atomic mass is 16.5. The number of methoxy groups -OCH3 is 1. The molecule has 0 aromatic heterocycles. The second-order valence-electron chi connectivity index (χ2n) is 7.32. The normalized spacial score (nSPS) is 34.5. The largest absolute Gasteiger partial charge is 0.497 e. The van der Waals surface area contributed by atoms with E-state index in [1.165, 1.54) is 17.5 Å². The Morgan fingerprint density at radius 2 is 2.05 bits per heavy atom. The van der Waals surface area contributed by atoms with E-state index in [1.807, 2.05) is 0 Å². The van der Waals surface area contributed by atoms with Crippen molar-refractivity contribution in [2.45, 2.75) is 51.6 Å². The van der Waals surface area contributed by atoms with E-state index >= 15 is 0 Å². The minimum absolute atomic E-state index is 0.122. The lowest BCUT2D eigenvalue weighted by atomic mass is 9.65. The lowest BCUT2D eigenvalue weighted by molar-refractivity contribution is -0.000199. The number of ether oxygens (including phenoxy) is 1. The molecule has 0 saturated heterocycles. The number of hydrogen-bond acceptors (Lipinski definition) is 3. The van der Waals surface area contributed by atoms with Gasteiger partial charge in [-0.15, -0.1) is 0 Å². The first kappa shape index (κ1) is 15.8. The molecule has 0 aliphatic heterocycles. The van der Waals surface area contributed by atoms with Crippen LogP contribution in [0.25, 0.3) is 0 Å². The Bertz CT molecular complexity index is 527. The standard InChI is InChI=1S/C19H28O3/c1-19(9-10-20)17(7-8-18(19)21)15-4-3-14-12-16(22-2)6-5-13(14)11-15/h5-6,12,15,17-18,20-21H,3-4,7-11H2,1-2H3/t15?,17-,18-,19-/m0/s1. The van der Waals surface area contributed by atoms with Crippen LogP contribution in [-0.4, -0.2) is 30.0 Å². The monoisotopic (exact) mass is 304 g/mol. The predicted octanol–water partition coefficient (Wildman–Crippen LogP) is 2.96. The van der Waals surface area contributed by atoms with Gasteiger partial charge in [-0.2, -0.15) is 0 Å². The summed E-state index contributed by atoms with van der Waals surface area (Å²) < 4.78 is 5.33. The van der Waals surface area contributed by atoms with Gasteiger partial charge in [-0.05, 0) is 79.0 Å². The van der Waals surface area contributed by atoms with Crippen LogP contribution in [0.1, 0.15) is 43.7 Å².